The van der Waals surface area contributed by atoms with Gasteiger partial charge in [-0.15, -0.1) is 0 Å². The molecular formula is C20H27ClN8O2. The van der Waals surface area contributed by atoms with Gasteiger partial charge in [0.2, 0.25) is 0 Å². The monoisotopic (exact) mass is 446 g/mol. The minimum absolute atomic E-state index is 0.174. The van der Waals surface area contributed by atoms with E-state index in [9.17, 15) is 9.59 Å². The van der Waals surface area contributed by atoms with E-state index in [-0.39, 0.29) is 17.3 Å². The average Bonchev–Trinajstić information content (AvgIpc) is 3.42. The van der Waals surface area contributed by atoms with E-state index in [0.29, 0.717) is 36.4 Å². The number of amides is 2. The Bertz CT molecular complexity index is 1100. The molecule has 3 aromatic heterocycles. The number of nitrogens with one attached hydrogen (secondary N) is 2. The van der Waals surface area contributed by atoms with Gasteiger partial charge >= 0.3 is 0 Å². The van der Waals surface area contributed by atoms with Crippen LogP contribution in [0.4, 0.5) is 5.69 Å². The number of aromatic nitrogens is 6. The van der Waals surface area contributed by atoms with Crippen LogP contribution >= 0.6 is 11.6 Å². The number of halogens is 1. The summed E-state index contributed by atoms with van der Waals surface area (Å²) in [5.41, 5.74) is 2.29. The van der Waals surface area contributed by atoms with Gasteiger partial charge in [-0.3, -0.25) is 19.0 Å². The first-order chi connectivity index (χ1) is 14.7. The summed E-state index contributed by atoms with van der Waals surface area (Å²) < 4.78 is 4.91. The minimum atomic E-state index is -0.432. The first-order valence-corrected chi connectivity index (χ1v) is 10.5. The molecule has 2 amide bonds. The number of aryl methyl sites for hydroxylation is 2. The van der Waals surface area contributed by atoms with Crippen LogP contribution in [-0.2, 0) is 13.2 Å². The van der Waals surface area contributed by atoms with Crippen molar-refractivity contribution in [1.29, 1.82) is 0 Å². The lowest BCUT2D eigenvalue weighted by Gasteiger charge is -2.07. The smallest absolute Gasteiger partial charge is 0.276 e. The van der Waals surface area contributed by atoms with Crippen LogP contribution in [0.25, 0.3) is 0 Å². The molecule has 3 rings (SSSR count). The molecule has 0 aliphatic rings. The maximum absolute atomic E-state index is 12.7. The normalized spacial score (nSPS) is 11.2. The molecule has 3 heterocycles. The van der Waals surface area contributed by atoms with E-state index in [1.807, 2.05) is 34.6 Å². The topological polar surface area (TPSA) is 112 Å². The number of carbonyl (C=O) groups excluding carboxylic acids is 2. The number of nitrogens with zero attached hydrogens (tertiary/aromatic N) is 6. The average molecular weight is 447 g/mol. The van der Waals surface area contributed by atoms with Gasteiger partial charge in [0.15, 0.2) is 11.4 Å². The summed E-state index contributed by atoms with van der Waals surface area (Å²) in [6.07, 6.45) is 3.32. The zero-order valence-corrected chi connectivity index (χ0v) is 19.1. The van der Waals surface area contributed by atoms with Crippen molar-refractivity contribution in [2.75, 3.05) is 11.9 Å². The summed E-state index contributed by atoms with van der Waals surface area (Å²) in [5, 5.41) is 19.1. The van der Waals surface area contributed by atoms with E-state index in [2.05, 4.69) is 25.9 Å². The van der Waals surface area contributed by atoms with E-state index in [4.69, 9.17) is 11.6 Å². The molecule has 31 heavy (non-hydrogen) atoms. The van der Waals surface area contributed by atoms with Gasteiger partial charge in [-0.05, 0) is 32.8 Å². The highest BCUT2D eigenvalue weighted by Crippen LogP contribution is 2.19. The number of carbonyl (C=O) groups is 2. The summed E-state index contributed by atoms with van der Waals surface area (Å²) in [6, 6.07) is 1.60. The highest BCUT2D eigenvalue weighted by Gasteiger charge is 2.20. The van der Waals surface area contributed by atoms with E-state index in [0.717, 1.165) is 11.4 Å². The first kappa shape index (κ1) is 22.5. The molecule has 0 bridgehead atoms. The number of hydrogen-bond donors (Lipinski definition) is 2. The largest absolute Gasteiger partial charge is 0.350 e. The Labute approximate surface area is 185 Å². The SMILES string of the molecule is CCn1cc(NC(=O)c2ccn(Cn3nc(C)c(Cl)c3C)n2)c(C(=O)NCC(C)C)n1. The molecule has 0 aromatic carbocycles. The van der Waals surface area contributed by atoms with E-state index in [1.165, 1.54) is 0 Å². The second-order valence-corrected chi connectivity index (χ2v) is 8.05. The molecule has 0 aliphatic carbocycles. The van der Waals surface area contributed by atoms with Crippen LogP contribution in [-0.4, -0.2) is 47.7 Å². The van der Waals surface area contributed by atoms with Crippen molar-refractivity contribution < 1.29 is 9.59 Å². The molecule has 0 aliphatic heterocycles. The number of anilines is 1. The molecule has 0 radical (unpaired) electrons. The third kappa shape index (κ3) is 5.13. The molecule has 0 atom stereocenters. The maximum Gasteiger partial charge on any atom is 0.276 e. The van der Waals surface area contributed by atoms with Crippen LogP contribution < -0.4 is 10.6 Å². The Balaban J connectivity index is 1.74. The number of hydrogen-bond acceptors (Lipinski definition) is 5. The third-order valence-electron chi connectivity index (χ3n) is 4.67. The van der Waals surface area contributed by atoms with E-state index in [1.54, 1.807) is 32.5 Å². The summed E-state index contributed by atoms with van der Waals surface area (Å²) in [4.78, 5) is 25.3. The summed E-state index contributed by atoms with van der Waals surface area (Å²) in [5.74, 6) is -0.460. The molecule has 0 saturated heterocycles. The Morgan fingerprint density at radius 3 is 2.48 bits per heavy atom. The predicted molar refractivity (Wildman–Crippen MR) is 117 cm³/mol. The third-order valence-corrected chi connectivity index (χ3v) is 5.21. The van der Waals surface area contributed by atoms with Crippen LogP contribution in [0.15, 0.2) is 18.5 Å². The second-order valence-electron chi connectivity index (χ2n) is 7.67. The predicted octanol–water partition coefficient (Wildman–Crippen LogP) is 2.71. The molecule has 0 saturated carbocycles. The highest BCUT2D eigenvalue weighted by atomic mass is 35.5. The van der Waals surface area contributed by atoms with Crippen molar-refractivity contribution in [2.24, 2.45) is 5.92 Å². The van der Waals surface area contributed by atoms with Crippen LogP contribution in [0.1, 0.15) is 53.1 Å². The van der Waals surface area contributed by atoms with Gasteiger partial charge in [-0.1, -0.05) is 25.4 Å². The molecule has 0 spiro atoms. The van der Waals surface area contributed by atoms with Crippen molar-refractivity contribution in [3.8, 4) is 0 Å². The summed E-state index contributed by atoms with van der Waals surface area (Å²) in [6.45, 7) is 11.0. The van der Waals surface area contributed by atoms with Crippen molar-refractivity contribution in [1.82, 2.24) is 34.7 Å². The lowest BCUT2D eigenvalue weighted by molar-refractivity contribution is 0.0944. The first-order valence-electron chi connectivity index (χ1n) is 10.1. The van der Waals surface area contributed by atoms with Gasteiger partial charge in [-0.25, -0.2) is 4.68 Å². The molecule has 3 aromatic rings. The lowest BCUT2D eigenvalue weighted by atomic mass is 10.2. The number of rotatable bonds is 8. The summed E-state index contributed by atoms with van der Waals surface area (Å²) in [7, 11) is 0. The molecule has 0 fully saturated rings. The second kappa shape index (κ2) is 9.34. The van der Waals surface area contributed by atoms with Crippen molar-refractivity contribution >= 4 is 29.1 Å². The zero-order valence-electron chi connectivity index (χ0n) is 18.3. The van der Waals surface area contributed by atoms with E-state index < -0.39 is 5.91 Å². The Hall–Kier alpha value is -3.14. The quantitative estimate of drug-likeness (QED) is 0.552. The van der Waals surface area contributed by atoms with E-state index >= 15 is 0 Å². The molecule has 166 valence electrons. The Kier molecular flexibility index (Phi) is 6.79. The fourth-order valence-corrected chi connectivity index (χ4v) is 3.06. The minimum Gasteiger partial charge on any atom is -0.350 e. The van der Waals surface area contributed by atoms with Crippen molar-refractivity contribution in [3.05, 3.63) is 46.3 Å². The van der Waals surface area contributed by atoms with Crippen LogP contribution in [0.5, 0.6) is 0 Å². The fraction of sp³-hybridized carbons (Fsp3) is 0.450. The van der Waals surface area contributed by atoms with Crippen molar-refractivity contribution in [3.63, 3.8) is 0 Å². The van der Waals surface area contributed by atoms with Gasteiger partial charge in [0.05, 0.1) is 22.1 Å². The van der Waals surface area contributed by atoms with Crippen LogP contribution in [0, 0.1) is 19.8 Å². The van der Waals surface area contributed by atoms with Crippen molar-refractivity contribution in [2.45, 2.75) is 47.8 Å². The van der Waals surface area contributed by atoms with Gasteiger partial charge in [-0.2, -0.15) is 15.3 Å². The molecule has 0 unspecified atom stereocenters. The summed E-state index contributed by atoms with van der Waals surface area (Å²) >= 11 is 6.19. The van der Waals surface area contributed by atoms with Crippen LogP contribution in [0.2, 0.25) is 5.02 Å². The Morgan fingerprint density at radius 1 is 1.13 bits per heavy atom. The van der Waals surface area contributed by atoms with Crippen LogP contribution in [0.3, 0.4) is 0 Å². The van der Waals surface area contributed by atoms with Gasteiger partial charge in [0.25, 0.3) is 11.8 Å². The molecule has 10 nitrogen and oxygen atoms in total. The zero-order chi connectivity index (χ0) is 22.7. The molecule has 11 heteroatoms. The fourth-order valence-electron chi connectivity index (χ4n) is 2.92. The molecule has 2 N–H and O–H groups in total. The Morgan fingerprint density at radius 2 is 1.87 bits per heavy atom. The van der Waals surface area contributed by atoms with Gasteiger partial charge < -0.3 is 10.6 Å². The standard InChI is InChI=1S/C20H27ClN8O2/c1-6-27-10-16(18(26-27)20(31)22-9-12(2)3)23-19(30)15-7-8-28(25-15)11-29-14(5)17(21)13(4)24-29/h7-8,10,12H,6,9,11H2,1-5H3,(H,22,31)(H,23,30). The van der Waals surface area contributed by atoms with Gasteiger partial charge in [0.1, 0.15) is 6.67 Å². The molecular weight excluding hydrogens is 420 g/mol. The lowest BCUT2D eigenvalue weighted by Crippen LogP contribution is -2.29. The van der Waals surface area contributed by atoms with Gasteiger partial charge in [0, 0.05) is 25.5 Å². The highest BCUT2D eigenvalue weighted by molar-refractivity contribution is 6.31. The maximum atomic E-state index is 12.7.